The highest BCUT2D eigenvalue weighted by Crippen LogP contribution is 2.27. The molecule has 90 valence electrons. The molecule has 0 radical (unpaired) electrons. The van der Waals surface area contributed by atoms with E-state index in [9.17, 15) is 0 Å². The number of nitrogen functional groups attached to an aromatic ring is 1. The van der Waals surface area contributed by atoms with Crippen molar-refractivity contribution in [1.82, 2.24) is 4.98 Å². The normalized spacial score (nSPS) is 9.83. The van der Waals surface area contributed by atoms with E-state index in [1.165, 1.54) is 0 Å². The molecular formula is C13H10BrN3O. The SMILES string of the molecule is Cc1ccc(Br)cc1Oc1ccc(N)c(C#N)n1. The number of nitrogens with two attached hydrogens (primary N) is 1. The molecule has 0 aliphatic carbocycles. The quantitative estimate of drug-likeness (QED) is 0.923. The predicted octanol–water partition coefficient (Wildman–Crippen LogP) is 3.40. The van der Waals surface area contributed by atoms with Gasteiger partial charge in [-0.25, -0.2) is 4.98 Å². The van der Waals surface area contributed by atoms with E-state index in [4.69, 9.17) is 15.7 Å². The van der Waals surface area contributed by atoms with Crippen LogP contribution in [0.2, 0.25) is 0 Å². The van der Waals surface area contributed by atoms with Gasteiger partial charge in [0.05, 0.1) is 5.69 Å². The van der Waals surface area contributed by atoms with Crippen LogP contribution in [0.4, 0.5) is 5.69 Å². The van der Waals surface area contributed by atoms with Crippen LogP contribution in [0.1, 0.15) is 11.3 Å². The Labute approximate surface area is 113 Å². The van der Waals surface area contributed by atoms with Crippen LogP contribution in [0, 0.1) is 18.3 Å². The Bertz CT molecular complexity index is 635. The summed E-state index contributed by atoms with van der Waals surface area (Å²) in [5.74, 6) is 1.03. The molecule has 1 heterocycles. The Kier molecular flexibility index (Phi) is 3.49. The van der Waals surface area contributed by atoms with E-state index in [1.54, 1.807) is 12.1 Å². The molecule has 0 aliphatic heterocycles. The summed E-state index contributed by atoms with van der Waals surface area (Å²) < 4.78 is 6.56. The Balaban J connectivity index is 2.34. The zero-order valence-corrected chi connectivity index (χ0v) is 11.2. The van der Waals surface area contributed by atoms with Crippen LogP contribution in [0.25, 0.3) is 0 Å². The Morgan fingerprint density at radius 3 is 2.83 bits per heavy atom. The van der Waals surface area contributed by atoms with Gasteiger partial charge in [-0.2, -0.15) is 5.26 Å². The van der Waals surface area contributed by atoms with E-state index in [1.807, 2.05) is 31.2 Å². The van der Waals surface area contributed by atoms with Crippen molar-refractivity contribution in [3.63, 3.8) is 0 Å². The molecule has 0 spiro atoms. The van der Waals surface area contributed by atoms with E-state index in [0.717, 1.165) is 10.0 Å². The van der Waals surface area contributed by atoms with Crippen molar-refractivity contribution in [2.24, 2.45) is 0 Å². The van der Waals surface area contributed by atoms with E-state index in [2.05, 4.69) is 20.9 Å². The van der Waals surface area contributed by atoms with Gasteiger partial charge in [0.2, 0.25) is 5.88 Å². The second-order valence-corrected chi connectivity index (χ2v) is 4.63. The second kappa shape index (κ2) is 5.07. The number of aryl methyl sites for hydroxylation is 1. The van der Waals surface area contributed by atoms with Gasteiger partial charge >= 0.3 is 0 Å². The number of anilines is 1. The molecule has 0 unspecified atom stereocenters. The number of pyridine rings is 1. The van der Waals surface area contributed by atoms with E-state index in [-0.39, 0.29) is 5.69 Å². The van der Waals surface area contributed by atoms with Crippen molar-refractivity contribution in [3.8, 4) is 17.7 Å². The second-order valence-electron chi connectivity index (χ2n) is 3.71. The first-order valence-corrected chi connectivity index (χ1v) is 6.00. The molecule has 0 bridgehead atoms. The molecule has 0 aliphatic rings. The maximum Gasteiger partial charge on any atom is 0.220 e. The molecule has 0 saturated carbocycles. The first-order valence-electron chi connectivity index (χ1n) is 5.21. The Hall–Kier alpha value is -2.06. The van der Waals surface area contributed by atoms with Crippen molar-refractivity contribution in [3.05, 3.63) is 46.1 Å². The number of benzene rings is 1. The number of nitriles is 1. The fourth-order valence-electron chi connectivity index (χ4n) is 1.39. The van der Waals surface area contributed by atoms with Gasteiger partial charge in [0.15, 0.2) is 5.69 Å². The third-order valence-electron chi connectivity index (χ3n) is 2.37. The molecular weight excluding hydrogens is 294 g/mol. The first-order chi connectivity index (χ1) is 8.60. The topological polar surface area (TPSA) is 71.9 Å². The number of rotatable bonds is 2. The third kappa shape index (κ3) is 2.60. The molecule has 2 rings (SSSR count). The van der Waals surface area contributed by atoms with Crippen LogP contribution in [-0.2, 0) is 0 Å². The van der Waals surface area contributed by atoms with Gasteiger partial charge in [0.25, 0.3) is 0 Å². The number of ether oxygens (including phenoxy) is 1. The van der Waals surface area contributed by atoms with Crippen LogP contribution in [-0.4, -0.2) is 4.98 Å². The maximum atomic E-state index is 8.85. The number of aromatic nitrogens is 1. The van der Waals surface area contributed by atoms with Gasteiger partial charge in [-0.05, 0) is 30.7 Å². The highest BCUT2D eigenvalue weighted by Gasteiger charge is 2.06. The van der Waals surface area contributed by atoms with E-state index >= 15 is 0 Å². The summed E-state index contributed by atoms with van der Waals surface area (Å²) in [5, 5.41) is 8.85. The number of halogens is 1. The Morgan fingerprint density at radius 2 is 2.11 bits per heavy atom. The Morgan fingerprint density at radius 1 is 1.33 bits per heavy atom. The van der Waals surface area contributed by atoms with Crippen LogP contribution in [0.15, 0.2) is 34.8 Å². The lowest BCUT2D eigenvalue weighted by atomic mass is 10.2. The minimum absolute atomic E-state index is 0.167. The van der Waals surface area contributed by atoms with Crippen molar-refractivity contribution in [2.75, 3.05) is 5.73 Å². The predicted molar refractivity (Wildman–Crippen MR) is 72.3 cm³/mol. The standard InChI is InChI=1S/C13H10BrN3O/c1-8-2-3-9(14)6-12(8)18-13-5-4-10(16)11(7-15)17-13/h2-6H,16H2,1H3. The molecule has 1 aromatic heterocycles. The molecule has 5 heteroatoms. The maximum absolute atomic E-state index is 8.85. The molecule has 2 aromatic rings. The fourth-order valence-corrected chi connectivity index (χ4v) is 1.74. The average molecular weight is 304 g/mol. The molecule has 18 heavy (non-hydrogen) atoms. The number of nitrogens with zero attached hydrogens (tertiary/aromatic N) is 2. The molecule has 0 atom stereocenters. The van der Waals surface area contributed by atoms with Crippen molar-refractivity contribution in [1.29, 1.82) is 5.26 Å². The van der Waals surface area contributed by atoms with Crippen molar-refractivity contribution in [2.45, 2.75) is 6.92 Å². The van der Waals surface area contributed by atoms with Crippen LogP contribution in [0.3, 0.4) is 0 Å². The van der Waals surface area contributed by atoms with Gasteiger partial charge in [-0.15, -0.1) is 0 Å². The zero-order valence-electron chi connectivity index (χ0n) is 9.64. The zero-order chi connectivity index (χ0) is 13.1. The smallest absolute Gasteiger partial charge is 0.220 e. The van der Waals surface area contributed by atoms with Gasteiger partial charge in [-0.3, -0.25) is 0 Å². The van der Waals surface area contributed by atoms with Crippen LogP contribution in [0.5, 0.6) is 11.6 Å². The summed E-state index contributed by atoms with van der Waals surface area (Å²) in [4.78, 5) is 4.03. The summed E-state index contributed by atoms with van der Waals surface area (Å²) in [5.41, 5.74) is 7.09. The van der Waals surface area contributed by atoms with Crippen LogP contribution >= 0.6 is 15.9 Å². The monoisotopic (exact) mass is 303 g/mol. The minimum Gasteiger partial charge on any atom is -0.439 e. The number of hydrogen-bond donors (Lipinski definition) is 1. The van der Waals surface area contributed by atoms with Gasteiger partial charge in [0.1, 0.15) is 11.8 Å². The molecule has 1 aromatic carbocycles. The highest BCUT2D eigenvalue weighted by molar-refractivity contribution is 9.10. The van der Waals surface area contributed by atoms with Crippen LogP contribution < -0.4 is 10.5 Å². The van der Waals surface area contributed by atoms with Gasteiger partial charge in [-0.1, -0.05) is 22.0 Å². The fraction of sp³-hybridized carbons (Fsp3) is 0.0769. The number of hydrogen-bond acceptors (Lipinski definition) is 4. The average Bonchev–Trinajstić information content (AvgIpc) is 2.36. The summed E-state index contributed by atoms with van der Waals surface area (Å²) >= 11 is 3.38. The third-order valence-corrected chi connectivity index (χ3v) is 2.86. The summed E-state index contributed by atoms with van der Waals surface area (Å²) in [6, 6.07) is 10.9. The van der Waals surface area contributed by atoms with E-state index < -0.39 is 0 Å². The van der Waals surface area contributed by atoms with Gasteiger partial charge < -0.3 is 10.5 Å². The van der Waals surface area contributed by atoms with Crippen molar-refractivity contribution < 1.29 is 4.74 Å². The lowest BCUT2D eigenvalue weighted by Crippen LogP contribution is -1.96. The van der Waals surface area contributed by atoms with E-state index in [0.29, 0.717) is 17.3 Å². The summed E-state index contributed by atoms with van der Waals surface area (Å²) in [6.07, 6.45) is 0. The molecule has 0 fully saturated rings. The minimum atomic E-state index is 0.167. The first kappa shape index (κ1) is 12.4. The molecule has 4 nitrogen and oxygen atoms in total. The molecule has 0 amide bonds. The highest BCUT2D eigenvalue weighted by atomic mass is 79.9. The van der Waals surface area contributed by atoms with Gasteiger partial charge in [0, 0.05) is 10.5 Å². The molecule has 0 saturated heterocycles. The summed E-state index contributed by atoms with van der Waals surface area (Å²) in [7, 11) is 0. The molecule has 2 N–H and O–H groups in total. The largest absolute Gasteiger partial charge is 0.439 e. The lowest BCUT2D eigenvalue weighted by molar-refractivity contribution is 0.459. The van der Waals surface area contributed by atoms with Crippen molar-refractivity contribution >= 4 is 21.6 Å². The summed E-state index contributed by atoms with van der Waals surface area (Å²) in [6.45, 7) is 1.93. The lowest BCUT2D eigenvalue weighted by Gasteiger charge is -2.08.